The van der Waals surface area contributed by atoms with Crippen LogP contribution < -0.4 is 10.1 Å². The summed E-state index contributed by atoms with van der Waals surface area (Å²) >= 11 is 16.1. The minimum Gasteiger partial charge on any atom is -0.504 e. The average Bonchev–Trinajstić information content (AvgIpc) is 2.75. The first kappa shape index (κ1) is 22.2. The topological polar surface area (TPSA) is 53.8 Å². The molecule has 31 heavy (non-hydrogen) atoms. The average molecular weight is 520 g/mol. The molecule has 1 heterocycles. The van der Waals surface area contributed by atoms with Crippen molar-refractivity contribution in [2.75, 3.05) is 6.61 Å². The molecule has 160 valence electrons. The van der Waals surface area contributed by atoms with Gasteiger partial charge < -0.3 is 9.84 Å². The van der Waals surface area contributed by atoms with E-state index in [0.717, 1.165) is 26.9 Å². The van der Waals surface area contributed by atoms with Gasteiger partial charge in [0.25, 0.3) is 0 Å². The van der Waals surface area contributed by atoms with Gasteiger partial charge >= 0.3 is 0 Å². The first-order valence-electron chi connectivity index (χ1n) is 9.94. The highest BCUT2D eigenvalue weighted by atomic mass is 79.9. The number of phenols is 1. The van der Waals surface area contributed by atoms with E-state index in [0.29, 0.717) is 28.8 Å². The third-order valence-corrected chi connectivity index (χ3v) is 6.22. The molecule has 0 saturated heterocycles. The monoisotopic (exact) mass is 518 g/mol. The van der Waals surface area contributed by atoms with E-state index in [1.807, 2.05) is 49.4 Å². The van der Waals surface area contributed by atoms with Crippen molar-refractivity contribution in [3.63, 3.8) is 0 Å². The molecular weight excluding hydrogens is 499 g/mol. The van der Waals surface area contributed by atoms with Crippen LogP contribution in [0.3, 0.4) is 0 Å². The summed E-state index contributed by atoms with van der Waals surface area (Å²) in [5.74, 6) is 0.604. The summed E-state index contributed by atoms with van der Waals surface area (Å²) in [6.07, 6.45) is 0.203. The molecule has 3 aromatic carbocycles. The number of hydrogen-bond acceptors (Lipinski definition) is 4. The van der Waals surface area contributed by atoms with Crippen LogP contribution >= 0.6 is 39.1 Å². The fraction of sp³-hybridized carbons (Fsp3) is 0.208. The summed E-state index contributed by atoms with van der Waals surface area (Å²) in [5, 5.41) is 15.5. The van der Waals surface area contributed by atoms with Crippen LogP contribution in [0.5, 0.6) is 11.5 Å². The van der Waals surface area contributed by atoms with E-state index in [1.54, 1.807) is 18.2 Å². The Bertz CT molecular complexity index is 1140. The van der Waals surface area contributed by atoms with Crippen molar-refractivity contribution in [3.05, 3.63) is 91.9 Å². The van der Waals surface area contributed by atoms with Crippen LogP contribution in [0.1, 0.15) is 42.2 Å². The van der Waals surface area contributed by atoms with Gasteiger partial charge in [-0.25, -0.2) is 0 Å². The third-order valence-electron chi connectivity index (χ3n) is 5.16. The maximum Gasteiger partial charge on any atom is 0.162 e. The summed E-state index contributed by atoms with van der Waals surface area (Å²) in [5.41, 5.74) is 3.51. The van der Waals surface area contributed by atoms with Crippen LogP contribution in [0.15, 0.2) is 70.1 Å². The number of hydrogen-bond donors (Lipinski definition) is 2. The second kappa shape index (κ2) is 9.61. The molecule has 4 rings (SSSR count). The lowest BCUT2D eigenvalue weighted by molar-refractivity contribution is 0.313. The molecule has 1 aliphatic heterocycles. The van der Waals surface area contributed by atoms with Crippen LogP contribution in [0.25, 0.3) is 0 Å². The van der Waals surface area contributed by atoms with Crippen LogP contribution in [0, 0.1) is 0 Å². The summed E-state index contributed by atoms with van der Waals surface area (Å²) in [7, 11) is 0. The van der Waals surface area contributed by atoms with Gasteiger partial charge in [-0.3, -0.25) is 10.3 Å². The van der Waals surface area contributed by atoms with Gasteiger partial charge in [0.2, 0.25) is 0 Å². The Morgan fingerprint density at radius 3 is 2.65 bits per heavy atom. The zero-order chi connectivity index (χ0) is 22.0. The molecule has 0 fully saturated rings. The SMILES string of the molecule is CCOc1cccc([C@@H]2CC(c3cccc(Br)c3)=N[C@H](c3ccc(Cl)cc3Cl)N2)c1O. The van der Waals surface area contributed by atoms with Crippen molar-refractivity contribution in [2.45, 2.75) is 25.6 Å². The molecule has 7 heteroatoms. The molecule has 0 bridgehead atoms. The van der Waals surface area contributed by atoms with E-state index >= 15 is 0 Å². The number of aromatic hydroxyl groups is 1. The van der Waals surface area contributed by atoms with E-state index in [9.17, 15) is 5.11 Å². The van der Waals surface area contributed by atoms with E-state index in [-0.39, 0.29) is 11.8 Å². The number of halogens is 3. The molecule has 1 aliphatic rings. The lowest BCUT2D eigenvalue weighted by atomic mass is 9.93. The molecule has 0 unspecified atom stereocenters. The van der Waals surface area contributed by atoms with Crippen molar-refractivity contribution in [2.24, 2.45) is 4.99 Å². The number of para-hydroxylation sites is 1. The standard InChI is InChI=1S/C24H21BrCl2N2O2/c1-2-31-22-8-4-7-18(23(22)30)21-13-20(14-5-3-6-15(25)11-14)28-24(29-21)17-10-9-16(26)12-19(17)27/h3-12,21,24,29-30H,2,13H2,1H3/t21-,24-/m0/s1. The van der Waals surface area contributed by atoms with Crippen molar-refractivity contribution in [3.8, 4) is 11.5 Å². The second-order valence-electron chi connectivity index (χ2n) is 7.20. The zero-order valence-electron chi connectivity index (χ0n) is 16.8. The van der Waals surface area contributed by atoms with Gasteiger partial charge in [0.05, 0.1) is 6.61 Å². The normalized spacial score (nSPS) is 18.5. The highest BCUT2D eigenvalue weighted by Crippen LogP contribution is 2.40. The minimum atomic E-state index is -0.396. The maximum absolute atomic E-state index is 10.9. The number of aliphatic imine (C=N–C) groups is 1. The van der Waals surface area contributed by atoms with Crippen LogP contribution in [-0.2, 0) is 0 Å². The number of ether oxygens (including phenoxy) is 1. The Labute approximate surface area is 200 Å². The molecular formula is C24H21BrCl2N2O2. The number of phenolic OH excluding ortho intramolecular Hbond substituents is 1. The van der Waals surface area contributed by atoms with Crippen molar-refractivity contribution in [1.29, 1.82) is 0 Å². The van der Waals surface area contributed by atoms with Gasteiger partial charge in [0, 0.05) is 43.8 Å². The van der Waals surface area contributed by atoms with Gasteiger partial charge in [-0.15, -0.1) is 0 Å². The van der Waals surface area contributed by atoms with E-state index in [4.69, 9.17) is 32.9 Å². The molecule has 0 saturated carbocycles. The molecule has 2 atom stereocenters. The zero-order valence-corrected chi connectivity index (χ0v) is 19.9. The van der Waals surface area contributed by atoms with E-state index in [2.05, 4.69) is 21.2 Å². The fourth-order valence-electron chi connectivity index (χ4n) is 3.72. The smallest absolute Gasteiger partial charge is 0.162 e. The molecule has 0 aliphatic carbocycles. The van der Waals surface area contributed by atoms with E-state index in [1.165, 1.54) is 0 Å². The Balaban J connectivity index is 1.79. The molecule has 0 radical (unpaired) electrons. The minimum absolute atomic E-state index is 0.137. The molecule has 0 amide bonds. The number of nitrogens with one attached hydrogen (secondary N) is 1. The summed E-state index contributed by atoms with van der Waals surface area (Å²) in [6.45, 7) is 2.37. The number of nitrogens with zero attached hydrogens (tertiary/aromatic N) is 1. The Morgan fingerprint density at radius 1 is 1.10 bits per heavy atom. The van der Waals surface area contributed by atoms with Gasteiger partial charge in [-0.05, 0) is 42.8 Å². The lowest BCUT2D eigenvalue weighted by Gasteiger charge is -2.31. The van der Waals surface area contributed by atoms with Crippen molar-refractivity contribution < 1.29 is 9.84 Å². The summed E-state index contributed by atoms with van der Waals surface area (Å²) in [4.78, 5) is 4.96. The van der Waals surface area contributed by atoms with Crippen LogP contribution in [-0.4, -0.2) is 17.4 Å². The quantitative estimate of drug-likeness (QED) is 0.378. The fourth-order valence-corrected chi connectivity index (χ4v) is 4.63. The van der Waals surface area contributed by atoms with Gasteiger partial charge in [0.15, 0.2) is 11.5 Å². The molecule has 0 spiro atoms. The van der Waals surface area contributed by atoms with Gasteiger partial charge in [-0.2, -0.15) is 0 Å². The molecule has 3 aromatic rings. The first-order valence-corrected chi connectivity index (χ1v) is 11.5. The van der Waals surface area contributed by atoms with Crippen LogP contribution in [0.4, 0.5) is 0 Å². The third kappa shape index (κ3) is 4.90. The van der Waals surface area contributed by atoms with Crippen molar-refractivity contribution in [1.82, 2.24) is 5.32 Å². The number of rotatable bonds is 5. The molecule has 0 aromatic heterocycles. The largest absolute Gasteiger partial charge is 0.504 e. The predicted octanol–water partition coefficient (Wildman–Crippen LogP) is 7.08. The Hall–Kier alpha value is -2.05. The first-order chi connectivity index (χ1) is 15.0. The molecule has 4 nitrogen and oxygen atoms in total. The Kier molecular flexibility index (Phi) is 6.87. The van der Waals surface area contributed by atoms with Crippen LogP contribution in [0.2, 0.25) is 10.0 Å². The van der Waals surface area contributed by atoms with Crippen molar-refractivity contribution >= 4 is 44.8 Å². The van der Waals surface area contributed by atoms with E-state index < -0.39 is 6.17 Å². The summed E-state index contributed by atoms with van der Waals surface area (Å²) in [6, 6.07) is 18.8. The van der Waals surface area contributed by atoms with Gasteiger partial charge in [-0.1, -0.05) is 69.5 Å². The highest BCUT2D eigenvalue weighted by molar-refractivity contribution is 9.10. The predicted molar refractivity (Wildman–Crippen MR) is 130 cm³/mol. The summed E-state index contributed by atoms with van der Waals surface area (Å²) < 4.78 is 6.57. The highest BCUT2D eigenvalue weighted by Gasteiger charge is 2.29. The molecule has 2 N–H and O–H groups in total. The van der Waals surface area contributed by atoms with Gasteiger partial charge in [0.1, 0.15) is 6.17 Å². The number of benzene rings is 3. The second-order valence-corrected chi connectivity index (χ2v) is 8.96. The lowest BCUT2D eigenvalue weighted by Crippen LogP contribution is -2.33. The maximum atomic E-state index is 10.9. The Morgan fingerprint density at radius 2 is 1.90 bits per heavy atom.